The standard InChI is InChI=1S/C15H23NO2/c1-4-7-8-13(5-2)11-16-10-9-14(12-16)15(17)18-6-3/h4-5,7-8,14H,1,6,9-12H2,2-3H3/b8-7-,13-5+. The van der Waals surface area contributed by atoms with Gasteiger partial charge in [0.2, 0.25) is 0 Å². The summed E-state index contributed by atoms with van der Waals surface area (Å²) in [4.78, 5) is 13.9. The fourth-order valence-corrected chi connectivity index (χ4v) is 2.12. The Kier molecular flexibility index (Phi) is 6.44. The molecule has 100 valence electrons. The molecule has 1 aliphatic heterocycles. The maximum Gasteiger partial charge on any atom is 0.310 e. The topological polar surface area (TPSA) is 29.5 Å². The average molecular weight is 249 g/mol. The number of esters is 1. The molecule has 0 aromatic rings. The van der Waals surface area contributed by atoms with E-state index in [2.05, 4.69) is 23.6 Å². The highest BCUT2D eigenvalue weighted by molar-refractivity contribution is 5.73. The van der Waals surface area contributed by atoms with Crippen LogP contribution >= 0.6 is 0 Å². The second-order valence-corrected chi connectivity index (χ2v) is 4.43. The molecule has 0 N–H and O–H groups in total. The van der Waals surface area contributed by atoms with Crippen molar-refractivity contribution in [1.82, 2.24) is 4.90 Å². The number of allylic oxidation sites excluding steroid dienone is 3. The fraction of sp³-hybridized carbons (Fsp3) is 0.533. The molecular formula is C15H23NO2. The monoisotopic (exact) mass is 249 g/mol. The van der Waals surface area contributed by atoms with Crippen molar-refractivity contribution in [2.45, 2.75) is 20.3 Å². The number of hydrogen-bond acceptors (Lipinski definition) is 3. The molecule has 0 aromatic heterocycles. The first-order valence-electron chi connectivity index (χ1n) is 6.54. The summed E-state index contributed by atoms with van der Waals surface area (Å²) in [6, 6.07) is 0. The van der Waals surface area contributed by atoms with Crippen LogP contribution in [0, 0.1) is 5.92 Å². The van der Waals surface area contributed by atoms with Crippen LogP contribution in [0.5, 0.6) is 0 Å². The van der Waals surface area contributed by atoms with Crippen molar-refractivity contribution >= 4 is 5.97 Å². The van der Waals surface area contributed by atoms with Crippen LogP contribution in [0.1, 0.15) is 20.3 Å². The third-order valence-corrected chi connectivity index (χ3v) is 3.12. The van der Waals surface area contributed by atoms with Gasteiger partial charge in [0.25, 0.3) is 0 Å². The lowest BCUT2D eigenvalue weighted by Crippen LogP contribution is -2.26. The fourth-order valence-electron chi connectivity index (χ4n) is 2.12. The Balaban J connectivity index is 2.44. The smallest absolute Gasteiger partial charge is 0.310 e. The van der Waals surface area contributed by atoms with Crippen molar-refractivity contribution in [1.29, 1.82) is 0 Å². The zero-order valence-electron chi connectivity index (χ0n) is 11.4. The minimum Gasteiger partial charge on any atom is -0.466 e. The summed E-state index contributed by atoms with van der Waals surface area (Å²) in [6.07, 6.45) is 8.77. The van der Waals surface area contributed by atoms with E-state index in [1.54, 1.807) is 6.08 Å². The van der Waals surface area contributed by atoms with Crippen molar-refractivity contribution in [2.75, 3.05) is 26.2 Å². The summed E-state index contributed by atoms with van der Waals surface area (Å²) < 4.78 is 5.06. The van der Waals surface area contributed by atoms with Gasteiger partial charge in [0, 0.05) is 13.1 Å². The number of carbonyl (C=O) groups is 1. The van der Waals surface area contributed by atoms with Gasteiger partial charge in [0.15, 0.2) is 0 Å². The van der Waals surface area contributed by atoms with E-state index in [-0.39, 0.29) is 11.9 Å². The predicted octanol–water partition coefficient (Wildman–Crippen LogP) is 2.56. The van der Waals surface area contributed by atoms with E-state index in [1.165, 1.54) is 5.57 Å². The van der Waals surface area contributed by atoms with Crippen molar-refractivity contribution in [3.63, 3.8) is 0 Å². The molecule has 1 unspecified atom stereocenters. The van der Waals surface area contributed by atoms with Crippen LogP contribution in [0.2, 0.25) is 0 Å². The first-order chi connectivity index (χ1) is 8.71. The number of likely N-dealkylation sites (tertiary alicyclic amines) is 1. The van der Waals surface area contributed by atoms with Crippen LogP contribution < -0.4 is 0 Å². The number of rotatable bonds is 6. The van der Waals surface area contributed by atoms with E-state index < -0.39 is 0 Å². The first-order valence-corrected chi connectivity index (χ1v) is 6.54. The lowest BCUT2D eigenvalue weighted by molar-refractivity contribution is -0.147. The molecule has 0 amide bonds. The van der Waals surface area contributed by atoms with Gasteiger partial charge in [0.1, 0.15) is 0 Å². The molecule has 0 aromatic carbocycles. The Morgan fingerprint density at radius 3 is 2.94 bits per heavy atom. The number of hydrogen-bond donors (Lipinski definition) is 0. The molecule has 0 saturated carbocycles. The van der Waals surface area contributed by atoms with E-state index in [0.29, 0.717) is 6.61 Å². The van der Waals surface area contributed by atoms with Gasteiger partial charge in [0.05, 0.1) is 12.5 Å². The van der Waals surface area contributed by atoms with E-state index in [9.17, 15) is 4.79 Å². The van der Waals surface area contributed by atoms with E-state index >= 15 is 0 Å². The summed E-state index contributed by atoms with van der Waals surface area (Å²) in [5.41, 5.74) is 1.25. The zero-order valence-corrected chi connectivity index (χ0v) is 11.4. The minimum absolute atomic E-state index is 0.0476. The normalized spacial score (nSPS) is 21.4. The second kappa shape index (κ2) is 7.88. The highest BCUT2D eigenvalue weighted by Gasteiger charge is 2.29. The lowest BCUT2D eigenvalue weighted by Gasteiger charge is -2.16. The van der Waals surface area contributed by atoms with E-state index in [0.717, 1.165) is 26.1 Å². The Morgan fingerprint density at radius 2 is 2.33 bits per heavy atom. The van der Waals surface area contributed by atoms with Gasteiger partial charge in [-0.2, -0.15) is 0 Å². The lowest BCUT2D eigenvalue weighted by atomic mass is 10.1. The molecule has 3 heteroatoms. The molecule has 0 aliphatic carbocycles. The van der Waals surface area contributed by atoms with Gasteiger partial charge in [-0.1, -0.05) is 30.9 Å². The maximum absolute atomic E-state index is 11.6. The molecule has 1 heterocycles. The molecule has 1 atom stereocenters. The summed E-state index contributed by atoms with van der Waals surface area (Å²) in [7, 11) is 0. The number of nitrogens with zero attached hydrogens (tertiary/aromatic N) is 1. The maximum atomic E-state index is 11.6. The minimum atomic E-state index is -0.0522. The van der Waals surface area contributed by atoms with Crippen molar-refractivity contribution in [2.24, 2.45) is 5.92 Å². The van der Waals surface area contributed by atoms with Crippen LogP contribution in [-0.4, -0.2) is 37.1 Å². The molecule has 1 fully saturated rings. The highest BCUT2D eigenvalue weighted by atomic mass is 16.5. The van der Waals surface area contributed by atoms with Crippen LogP contribution in [0.3, 0.4) is 0 Å². The largest absolute Gasteiger partial charge is 0.466 e. The summed E-state index contributed by atoms with van der Waals surface area (Å²) in [5.74, 6) is -0.00454. The molecule has 18 heavy (non-hydrogen) atoms. The molecule has 1 rings (SSSR count). The van der Waals surface area contributed by atoms with Gasteiger partial charge < -0.3 is 4.74 Å². The predicted molar refractivity (Wildman–Crippen MR) is 74.3 cm³/mol. The zero-order chi connectivity index (χ0) is 13.4. The molecule has 0 bridgehead atoms. The Hall–Kier alpha value is -1.35. The first kappa shape index (κ1) is 14.7. The molecule has 1 saturated heterocycles. The molecule has 1 aliphatic rings. The van der Waals surface area contributed by atoms with Crippen LogP contribution in [0.15, 0.2) is 36.5 Å². The van der Waals surface area contributed by atoms with Crippen molar-refractivity contribution in [3.8, 4) is 0 Å². The van der Waals surface area contributed by atoms with Crippen LogP contribution in [0.4, 0.5) is 0 Å². The van der Waals surface area contributed by atoms with E-state index in [1.807, 2.05) is 19.9 Å². The van der Waals surface area contributed by atoms with Gasteiger partial charge in [-0.15, -0.1) is 0 Å². The van der Waals surface area contributed by atoms with Crippen LogP contribution in [0.25, 0.3) is 0 Å². The van der Waals surface area contributed by atoms with Crippen molar-refractivity contribution < 1.29 is 9.53 Å². The van der Waals surface area contributed by atoms with Gasteiger partial charge in [-0.3, -0.25) is 9.69 Å². The second-order valence-electron chi connectivity index (χ2n) is 4.43. The quantitative estimate of drug-likeness (QED) is 0.535. The highest BCUT2D eigenvalue weighted by Crippen LogP contribution is 2.19. The SMILES string of the molecule is C=C/C=C\C(=C/C)CN1CCC(C(=O)OCC)C1. The van der Waals surface area contributed by atoms with Crippen LogP contribution in [-0.2, 0) is 9.53 Å². The van der Waals surface area contributed by atoms with Gasteiger partial charge in [-0.25, -0.2) is 0 Å². The van der Waals surface area contributed by atoms with E-state index in [4.69, 9.17) is 4.74 Å². The molecule has 0 radical (unpaired) electrons. The third-order valence-electron chi connectivity index (χ3n) is 3.12. The number of ether oxygens (including phenoxy) is 1. The molecule has 0 spiro atoms. The van der Waals surface area contributed by atoms with Gasteiger partial charge >= 0.3 is 5.97 Å². The molecular weight excluding hydrogens is 226 g/mol. The van der Waals surface area contributed by atoms with Gasteiger partial charge in [-0.05, 0) is 32.4 Å². The summed E-state index contributed by atoms with van der Waals surface area (Å²) in [5, 5.41) is 0. The Bertz CT molecular complexity index is 344. The third kappa shape index (κ3) is 4.49. The summed E-state index contributed by atoms with van der Waals surface area (Å²) >= 11 is 0. The Morgan fingerprint density at radius 1 is 1.56 bits per heavy atom. The summed E-state index contributed by atoms with van der Waals surface area (Å²) in [6.45, 7) is 10.7. The average Bonchev–Trinajstić information content (AvgIpc) is 2.83. The molecule has 3 nitrogen and oxygen atoms in total. The van der Waals surface area contributed by atoms with Crippen molar-refractivity contribution in [3.05, 3.63) is 36.5 Å². The number of carbonyl (C=O) groups excluding carboxylic acids is 1. The Labute approximate surface area is 110 Å².